The predicted octanol–water partition coefficient (Wildman–Crippen LogP) is 8.59. The molecule has 33 heavy (non-hydrogen) atoms. The highest BCUT2D eigenvalue weighted by molar-refractivity contribution is 5.21. The third-order valence-electron chi connectivity index (χ3n) is 6.08. The molecule has 0 bridgehead atoms. The topological polar surface area (TPSA) is 18.5 Å². The van der Waals surface area contributed by atoms with Crippen LogP contribution in [0.25, 0.3) is 0 Å². The number of hydrogen-bond donors (Lipinski definition) is 0. The molecule has 4 rings (SSSR count). The van der Waals surface area contributed by atoms with E-state index in [9.17, 15) is 4.39 Å². The molecule has 0 spiro atoms. The van der Waals surface area contributed by atoms with Gasteiger partial charge in [0.25, 0.3) is 0 Å². The van der Waals surface area contributed by atoms with Crippen LogP contribution in [0.4, 0.5) is 4.39 Å². The predicted molar refractivity (Wildman–Crippen MR) is 139 cm³/mol. The molecule has 1 heterocycles. The van der Waals surface area contributed by atoms with Crippen molar-refractivity contribution in [3.8, 4) is 0 Å². The minimum Gasteiger partial charge on any atom is -0.353 e. The maximum Gasteiger partial charge on any atom is 0.154 e. The summed E-state index contributed by atoms with van der Waals surface area (Å²) in [5.41, 5.74) is 4.34. The molecule has 2 fully saturated rings. The molecule has 186 valence electrons. The van der Waals surface area contributed by atoms with Gasteiger partial charge in [0.05, 0.1) is 13.2 Å². The number of aryl methyl sites for hydroxylation is 4. The summed E-state index contributed by atoms with van der Waals surface area (Å²) in [4.78, 5) is 0. The smallest absolute Gasteiger partial charge is 0.154 e. The van der Waals surface area contributed by atoms with Crippen molar-refractivity contribution in [2.45, 2.75) is 87.4 Å². The minimum atomic E-state index is -0.116. The molecule has 0 amide bonds. The second-order valence-corrected chi connectivity index (χ2v) is 10.1. The first kappa shape index (κ1) is 29.3. The molecule has 3 heteroatoms. The lowest BCUT2D eigenvalue weighted by Crippen LogP contribution is -2.27. The highest BCUT2D eigenvalue weighted by atomic mass is 19.1. The molecule has 1 aliphatic carbocycles. The molecule has 1 aliphatic heterocycles. The monoisotopic (exact) mass is 458 g/mol. The second-order valence-electron chi connectivity index (χ2n) is 10.1. The lowest BCUT2D eigenvalue weighted by Gasteiger charge is -2.24. The Labute approximate surface area is 202 Å². The largest absolute Gasteiger partial charge is 0.353 e. The minimum absolute atomic E-state index is 0.0196. The fourth-order valence-corrected chi connectivity index (χ4v) is 3.46. The van der Waals surface area contributed by atoms with Gasteiger partial charge < -0.3 is 9.47 Å². The lowest BCUT2D eigenvalue weighted by molar-refractivity contribution is -0.187. The van der Waals surface area contributed by atoms with Crippen LogP contribution in [0.15, 0.2) is 42.5 Å². The fourth-order valence-electron chi connectivity index (χ4n) is 3.46. The lowest BCUT2D eigenvalue weighted by atomic mass is 9.84. The molecule has 1 saturated carbocycles. The summed E-state index contributed by atoms with van der Waals surface area (Å²) < 4.78 is 22.9. The quantitative estimate of drug-likeness (QED) is 0.393. The van der Waals surface area contributed by atoms with Crippen LogP contribution in [0, 0.1) is 51.3 Å². The Morgan fingerprint density at radius 1 is 0.606 bits per heavy atom. The van der Waals surface area contributed by atoms with Gasteiger partial charge in [-0.1, -0.05) is 94.0 Å². The van der Waals surface area contributed by atoms with Crippen molar-refractivity contribution in [3.63, 3.8) is 0 Å². The molecular formula is C30H47FO2. The van der Waals surface area contributed by atoms with Crippen LogP contribution in [0.5, 0.6) is 0 Å². The standard InChI is InChI=1S/C8H9F.C8H16.C8H10.C6H12O2/c1-6-3-4-7(2)8(9)5-6;2*1-7-3-5-8(2)6-4-7;1-5-3-7-6(2)8-4-5/h3-5H,1-2H3;7-8H,3-6H2,1-2H3;3-6H,1-2H3;5-6H,3-4H2,1-2H3. The van der Waals surface area contributed by atoms with Crippen molar-refractivity contribution in [1.82, 2.24) is 0 Å². The summed E-state index contributed by atoms with van der Waals surface area (Å²) in [5.74, 6) is 2.50. The molecule has 0 unspecified atom stereocenters. The third-order valence-corrected chi connectivity index (χ3v) is 6.08. The fraction of sp³-hybridized carbons (Fsp3) is 0.600. The molecule has 2 nitrogen and oxygen atoms in total. The normalized spacial score (nSPS) is 24.2. The molecule has 1 saturated heterocycles. The Kier molecular flexibility index (Phi) is 14.2. The van der Waals surface area contributed by atoms with Gasteiger partial charge in [-0.3, -0.25) is 0 Å². The highest BCUT2D eigenvalue weighted by Crippen LogP contribution is 2.27. The Hall–Kier alpha value is -1.71. The SMILES string of the molecule is CC1CCC(C)CC1.CC1COC(C)OC1.Cc1ccc(C)c(F)c1.Cc1ccc(C)cc1. The average Bonchev–Trinajstić information content (AvgIpc) is 2.79. The Balaban J connectivity index is 0.000000220. The van der Waals surface area contributed by atoms with Gasteiger partial charge in [0.2, 0.25) is 0 Å². The van der Waals surface area contributed by atoms with Crippen LogP contribution in [-0.4, -0.2) is 19.5 Å². The number of benzene rings is 2. The average molecular weight is 459 g/mol. The van der Waals surface area contributed by atoms with Gasteiger partial charge >= 0.3 is 0 Å². The molecular weight excluding hydrogens is 411 g/mol. The van der Waals surface area contributed by atoms with E-state index in [0.717, 1.165) is 30.6 Å². The van der Waals surface area contributed by atoms with Crippen LogP contribution < -0.4 is 0 Å². The van der Waals surface area contributed by atoms with Crippen LogP contribution >= 0.6 is 0 Å². The molecule has 2 aromatic carbocycles. The van der Waals surface area contributed by atoms with Gasteiger partial charge in [0.1, 0.15) is 5.82 Å². The summed E-state index contributed by atoms with van der Waals surface area (Å²) in [5, 5.41) is 0. The maximum absolute atomic E-state index is 12.6. The first-order chi connectivity index (χ1) is 15.6. The van der Waals surface area contributed by atoms with E-state index in [2.05, 4.69) is 58.9 Å². The Bertz CT molecular complexity index is 694. The van der Waals surface area contributed by atoms with Gasteiger partial charge in [-0.25, -0.2) is 4.39 Å². The zero-order chi connectivity index (χ0) is 24.8. The highest BCUT2D eigenvalue weighted by Gasteiger charge is 2.14. The molecule has 0 N–H and O–H groups in total. The Morgan fingerprint density at radius 3 is 1.33 bits per heavy atom. The number of ether oxygens (including phenoxy) is 2. The van der Waals surface area contributed by atoms with E-state index in [1.54, 1.807) is 13.0 Å². The van der Waals surface area contributed by atoms with Crippen molar-refractivity contribution >= 4 is 0 Å². The summed E-state index contributed by atoms with van der Waals surface area (Å²) in [6.45, 7) is 18.3. The molecule has 0 radical (unpaired) electrons. The van der Waals surface area contributed by atoms with E-state index in [1.165, 1.54) is 42.9 Å². The molecule has 2 aromatic rings. The molecule has 2 aliphatic rings. The van der Waals surface area contributed by atoms with E-state index >= 15 is 0 Å². The van der Waals surface area contributed by atoms with E-state index in [-0.39, 0.29) is 12.1 Å². The number of rotatable bonds is 0. The van der Waals surface area contributed by atoms with Crippen molar-refractivity contribution in [3.05, 3.63) is 70.5 Å². The first-order valence-corrected chi connectivity index (χ1v) is 12.6. The zero-order valence-corrected chi connectivity index (χ0v) is 22.3. The molecule has 0 aromatic heterocycles. The van der Waals surface area contributed by atoms with Gasteiger partial charge in [0, 0.05) is 5.92 Å². The third kappa shape index (κ3) is 14.2. The van der Waals surface area contributed by atoms with Gasteiger partial charge in [-0.2, -0.15) is 0 Å². The van der Waals surface area contributed by atoms with Crippen LogP contribution in [-0.2, 0) is 9.47 Å². The van der Waals surface area contributed by atoms with Crippen LogP contribution in [0.2, 0.25) is 0 Å². The summed E-state index contributed by atoms with van der Waals surface area (Å²) in [6.07, 6.45) is 5.91. The van der Waals surface area contributed by atoms with Crippen LogP contribution in [0.1, 0.15) is 75.6 Å². The van der Waals surface area contributed by atoms with Gasteiger partial charge in [0.15, 0.2) is 6.29 Å². The van der Waals surface area contributed by atoms with Crippen molar-refractivity contribution in [1.29, 1.82) is 0 Å². The van der Waals surface area contributed by atoms with Crippen molar-refractivity contribution < 1.29 is 13.9 Å². The Morgan fingerprint density at radius 2 is 1.00 bits per heavy atom. The van der Waals surface area contributed by atoms with Gasteiger partial charge in [-0.05, 0) is 63.6 Å². The van der Waals surface area contributed by atoms with E-state index in [0.29, 0.717) is 11.5 Å². The van der Waals surface area contributed by atoms with Gasteiger partial charge in [-0.15, -0.1) is 0 Å². The summed E-state index contributed by atoms with van der Waals surface area (Å²) in [7, 11) is 0. The summed E-state index contributed by atoms with van der Waals surface area (Å²) in [6, 6.07) is 13.7. The summed E-state index contributed by atoms with van der Waals surface area (Å²) >= 11 is 0. The van der Waals surface area contributed by atoms with Crippen molar-refractivity contribution in [2.75, 3.05) is 13.2 Å². The van der Waals surface area contributed by atoms with Crippen molar-refractivity contribution in [2.24, 2.45) is 17.8 Å². The van der Waals surface area contributed by atoms with E-state index in [4.69, 9.17) is 9.47 Å². The number of hydrogen-bond acceptors (Lipinski definition) is 2. The zero-order valence-electron chi connectivity index (χ0n) is 22.3. The second kappa shape index (κ2) is 16.0. The molecule has 0 atom stereocenters. The van der Waals surface area contributed by atoms with E-state index in [1.807, 2.05) is 19.9 Å². The maximum atomic E-state index is 12.6. The first-order valence-electron chi connectivity index (χ1n) is 12.6. The van der Waals surface area contributed by atoms with E-state index < -0.39 is 0 Å². The van der Waals surface area contributed by atoms with Crippen LogP contribution in [0.3, 0.4) is 0 Å². The number of halogens is 1.